The molecule has 0 fully saturated rings. The van der Waals surface area contributed by atoms with E-state index in [1.54, 1.807) is 40.6 Å². The Morgan fingerprint density at radius 2 is 1.73 bits per heavy atom. The zero-order valence-corrected chi connectivity index (χ0v) is 21.5. The number of Topliss-reactive ketones (excluding diaryl/α,β-unsaturated/α-hetero) is 1. The van der Waals surface area contributed by atoms with Gasteiger partial charge in [0.2, 0.25) is 5.78 Å². The Hall–Kier alpha value is -4.17. The van der Waals surface area contributed by atoms with Crippen LogP contribution in [0.25, 0.3) is 6.08 Å². The number of rotatable bonds is 7. The van der Waals surface area contributed by atoms with Crippen LogP contribution >= 0.6 is 0 Å². The van der Waals surface area contributed by atoms with Crippen molar-refractivity contribution in [1.29, 1.82) is 0 Å². The average Bonchev–Trinajstić information content (AvgIpc) is 3.25. The second kappa shape index (κ2) is 10.1. The number of nitrogens with zero attached hydrogens (tertiary/aromatic N) is 1. The van der Waals surface area contributed by atoms with Crippen LogP contribution in [0, 0.1) is 6.92 Å². The van der Waals surface area contributed by atoms with Gasteiger partial charge in [0.05, 0.1) is 39.6 Å². The predicted octanol–water partition coefficient (Wildman–Crippen LogP) is 5.00. The molecular formula is C29H29NO7. The molecule has 8 nitrogen and oxygen atoms in total. The largest absolute Gasteiger partial charge is 0.493 e. The van der Waals surface area contributed by atoms with E-state index in [-0.39, 0.29) is 11.5 Å². The Morgan fingerprint density at radius 3 is 2.46 bits per heavy atom. The van der Waals surface area contributed by atoms with Crippen molar-refractivity contribution in [2.75, 3.05) is 35.2 Å². The highest BCUT2D eigenvalue weighted by Gasteiger charge is 2.35. The van der Waals surface area contributed by atoms with E-state index in [0.717, 1.165) is 22.4 Å². The van der Waals surface area contributed by atoms with E-state index >= 15 is 0 Å². The van der Waals surface area contributed by atoms with E-state index in [4.69, 9.17) is 28.4 Å². The summed E-state index contributed by atoms with van der Waals surface area (Å²) in [5.74, 6) is 3.80. The number of para-hydroxylation sites is 1. The van der Waals surface area contributed by atoms with Gasteiger partial charge in [-0.1, -0.05) is 18.2 Å². The highest BCUT2D eigenvalue weighted by molar-refractivity contribution is 6.16. The second-order valence-corrected chi connectivity index (χ2v) is 8.85. The number of carbonyl (C=O) groups excluding carboxylic acids is 1. The Labute approximate surface area is 215 Å². The van der Waals surface area contributed by atoms with E-state index in [1.807, 2.05) is 43.3 Å². The fraction of sp³-hybridized carbons (Fsp3) is 0.276. The van der Waals surface area contributed by atoms with E-state index in [9.17, 15) is 4.79 Å². The summed E-state index contributed by atoms with van der Waals surface area (Å²) in [6.45, 7) is 3.50. The van der Waals surface area contributed by atoms with Crippen molar-refractivity contribution in [2.45, 2.75) is 20.0 Å². The molecule has 3 aromatic carbocycles. The molecule has 8 heteroatoms. The Bertz CT molecular complexity index is 1400. The molecule has 0 spiro atoms. The van der Waals surface area contributed by atoms with Crippen LogP contribution in [0.1, 0.15) is 32.6 Å². The maximum atomic E-state index is 13.4. The summed E-state index contributed by atoms with van der Waals surface area (Å²) >= 11 is 0. The second-order valence-electron chi connectivity index (χ2n) is 8.85. The molecule has 192 valence electrons. The molecule has 0 bridgehead atoms. The first-order valence-electron chi connectivity index (χ1n) is 11.8. The number of carbonyl (C=O) groups is 1. The van der Waals surface area contributed by atoms with Gasteiger partial charge in [0.15, 0.2) is 28.8 Å². The number of methoxy groups -OCH3 is 4. The monoisotopic (exact) mass is 503 g/mol. The van der Waals surface area contributed by atoms with Crippen molar-refractivity contribution in [3.8, 4) is 34.5 Å². The van der Waals surface area contributed by atoms with Crippen LogP contribution in [0.2, 0.25) is 0 Å². The normalized spacial score (nSPS) is 15.5. The highest BCUT2D eigenvalue weighted by atomic mass is 16.5. The molecule has 0 saturated carbocycles. The third-order valence-corrected chi connectivity index (χ3v) is 6.56. The predicted molar refractivity (Wildman–Crippen MR) is 138 cm³/mol. The lowest BCUT2D eigenvalue weighted by molar-refractivity contribution is 0.0871. The lowest BCUT2D eigenvalue weighted by Gasteiger charge is -2.30. The molecule has 2 heterocycles. The maximum absolute atomic E-state index is 13.4. The van der Waals surface area contributed by atoms with Gasteiger partial charge in [-0.3, -0.25) is 9.69 Å². The molecule has 0 N–H and O–H groups in total. The molecule has 0 aliphatic carbocycles. The number of fused-ring (bicyclic) bond motifs is 3. The number of aryl methyl sites for hydroxylation is 1. The zero-order valence-electron chi connectivity index (χ0n) is 21.5. The third kappa shape index (κ3) is 4.44. The van der Waals surface area contributed by atoms with Crippen LogP contribution in [-0.4, -0.2) is 45.9 Å². The molecule has 0 saturated heterocycles. The van der Waals surface area contributed by atoms with Crippen molar-refractivity contribution >= 4 is 11.9 Å². The van der Waals surface area contributed by atoms with Crippen LogP contribution in [0.5, 0.6) is 34.5 Å². The Kier molecular flexibility index (Phi) is 6.67. The Morgan fingerprint density at radius 1 is 0.946 bits per heavy atom. The van der Waals surface area contributed by atoms with Crippen molar-refractivity contribution < 1.29 is 33.2 Å². The lowest BCUT2D eigenvalue weighted by Crippen LogP contribution is -2.31. The van der Waals surface area contributed by atoms with Crippen LogP contribution in [-0.2, 0) is 13.1 Å². The molecule has 0 aromatic heterocycles. The van der Waals surface area contributed by atoms with Crippen molar-refractivity contribution in [2.24, 2.45) is 0 Å². The minimum absolute atomic E-state index is 0.169. The number of ketones is 1. The molecule has 0 atom stereocenters. The van der Waals surface area contributed by atoms with Crippen molar-refractivity contribution in [1.82, 2.24) is 4.90 Å². The number of allylic oxidation sites excluding steroid dienone is 1. The van der Waals surface area contributed by atoms with Gasteiger partial charge in [-0.05, 0) is 48.4 Å². The number of benzene rings is 3. The van der Waals surface area contributed by atoms with Crippen molar-refractivity contribution in [3.63, 3.8) is 0 Å². The van der Waals surface area contributed by atoms with Crippen LogP contribution in [0.3, 0.4) is 0 Å². The molecule has 37 heavy (non-hydrogen) atoms. The molecule has 0 unspecified atom stereocenters. The summed E-state index contributed by atoms with van der Waals surface area (Å²) in [5, 5.41) is 0. The Balaban J connectivity index is 1.45. The molecule has 2 aliphatic rings. The first-order chi connectivity index (χ1) is 18.0. The zero-order chi connectivity index (χ0) is 26.1. The SMILES string of the molecule is COc1ccc(CN2COc3cc(C)c4c(c3C2)O/C(=C\c2cccc(OC)c2OC)C4=O)cc1OC. The molecular weight excluding hydrogens is 474 g/mol. The summed E-state index contributed by atoms with van der Waals surface area (Å²) < 4.78 is 34.0. The maximum Gasteiger partial charge on any atom is 0.232 e. The van der Waals surface area contributed by atoms with E-state index in [2.05, 4.69) is 4.90 Å². The van der Waals surface area contributed by atoms with Gasteiger partial charge in [0.1, 0.15) is 18.2 Å². The summed E-state index contributed by atoms with van der Waals surface area (Å²) in [6, 6.07) is 13.3. The van der Waals surface area contributed by atoms with Gasteiger partial charge in [0, 0.05) is 18.7 Å². The number of ether oxygens (including phenoxy) is 6. The van der Waals surface area contributed by atoms with Crippen LogP contribution in [0.4, 0.5) is 0 Å². The van der Waals surface area contributed by atoms with E-state index in [0.29, 0.717) is 59.7 Å². The minimum atomic E-state index is -0.169. The minimum Gasteiger partial charge on any atom is -0.493 e. The van der Waals surface area contributed by atoms with E-state index < -0.39 is 0 Å². The molecule has 0 radical (unpaired) electrons. The van der Waals surface area contributed by atoms with Gasteiger partial charge in [-0.15, -0.1) is 0 Å². The smallest absolute Gasteiger partial charge is 0.232 e. The first kappa shape index (κ1) is 24.5. The molecule has 5 rings (SSSR count). The quantitative estimate of drug-likeness (QED) is 0.417. The summed E-state index contributed by atoms with van der Waals surface area (Å²) in [6.07, 6.45) is 1.70. The molecule has 0 amide bonds. The lowest BCUT2D eigenvalue weighted by atomic mass is 9.98. The third-order valence-electron chi connectivity index (χ3n) is 6.56. The summed E-state index contributed by atoms with van der Waals surface area (Å²) in [4.78, 5) is 15.6. The van der Waals surface area contributed by atoms with Gasteiger partial charge in [0.25, 0.3) is 0 Å². The summed E-state index contributed by atoms with van der Waals surface area (Å²) in [7, 11) is 6.38. The number of hydrogen-bond donors (Lipinski definition) is 0. The topological polar surface area (TPSA) is 75.7 Å². The standard InChI is InChI=1S/C29H29NO7/c1-17-11-23-20(15-30(16-36-23)14-18-9-10-21(32-2)24(12-18)34-4)29-26(17)27(31)25(37-29)13-19-7-6-8-22(33-3)28(19)35-5/h6-13H,14-16H2,1-5H3/b25-13-. The van der Waals surface area contributed by atoms with Gasteiger partial charge in [-0.25, -0.2) is 0 Å². The molecule has 3 aromatic rings. The summed E-state index contributed by atoms with van der Waals surface area (Å²) in [5.41, 5.74) is 3.96. The fourth-order valence-corrected chi connectivity index (χ4v) is 4.78. The van der Waals surface area contributed by atoms with Crippen LogP contribution < -0.4 is 28.4 Å². The number of hydrogen-bond acceptors (Lipinski definition) is 8. The average molecular weight is 504 g/mol. The van der Waals surface area contributed by atoms with Gasteiger partial charge < -0.3 is 28.4 Å². The fourth-order valence-electron chi connectivity index (χ4n) is 4.78. The first-order valence-corrected chi connectivity index (χ1v) is 11.8. The van der Waals surface area contributed by atoms with Crippen molar-refractivity contribution in [3.05, 3.63) is 76.0 Å². The van der Waals surface area contributed by atoms with E-state index in [1.165, 1.54) is 0 Å². The van der Waals surface area contributed by atoms with Crippen LogP contribution in [0.15, 0.2) is 48.2 Å². The highest BCUT2D eigenvalue weighted by Crippen LogP contribution is 2.45. The molecule has 2 aliphatic heterocycles. The van der Waals surface area contributed by atoms with Gasteiger partial charge in [-0.2, -0.15) is 0 Å². The van der Waals surface area contributed by atoms with Gasteiger partial charge >= 0.3 is 0 Å².